The predicted octanol–water partition coefficient (Wildman–Crippen LogP) is 4.85. The molecule has 1 heterocycles. The molecule has 0 radical (unpaired) electrons. The van der Waals surface area contributed by atoms with Gasteiger partial charge < -0.3 is 9.64 Å². The second-order valence-electron chi connectivity index (χ2n) is 6.61. The fourth-order valence-electron chi connectivity index (χ4n) is 3.48. The standard InChI is InChI=1S/C16H24INO/c1-15(2)10-7-11-16(3,4)18(15)12-8-6-9-13(19-5)14(12)17/h6,8-9H,7,10-11H2,1-5H3. The number of halogens is 1. The molecule has 1 aromatic rings. The van der Waals surface area contributed by atoms with Crippen molar-refractivity contribution in [2.24, 2.45) is 0 Å². The molecule has 2 rings (SSSR count). The van der Waals surface area contributed by atoms with Crippen molar-refractivity contribution in [3.8, 4) is 5.75 Å². The molecule has 0 atom stereocenters. The van der Waals surface area contributed by atoms with Crippen LogP contribution >= 0.6 is 22.6 Å². The SMILES string of the molecule is COc1cccc(N2C(C)(C)CCCC2(C)C)c1I. The van der Waals surface area contributed by atoms with Gasteiger partial charge in [0.25, 0.3) is 0 Å². The van der Waals surface area contributed by atoms with Crippen molar-refractivity contribution < 1.29 is 4.74 Å². The monoisotopic (exact) mass is 373 g/mol. The third-order valence-corrected chi connectivity index (χ3v) is 5.28. The van der Waals surface area contributed by atoms with Gasteiger partial charge in [0.15, 0.2) is 0 Å². The minimum Gasteiger partial charge on any atom is -0.496 e. The summed E-state index contributed by atoms with van der Waals surface area (Å²) in [7, 11) is 1.74. The van der Waals surface area contributed by atoms with Crippen LogP contribution in [0.25, 0.3) is 0 Å². The van der Waals surface area contributed by atoms with Crippen molar-refractivity contribution in [3.05, 3.63) is 21.8 Å². The van der Waals surface area contributed by atoms with Gasteiger partial charge in [-0.1, -0.05) is 6.07 Å². The van der Waals surface area contributed by atoms with Gasteiger partial charge in [-0.05, 0) is 81.7 Å². The molecule has 0 saturated carbocycles. The van der Waals surface area contributed by atoms with E-state index in [4.69, 9.17) is 4.74 Å². The zero-order valence-electron chi connectivity index (χ0n) is 12.6. The van der Waals surface area contributed by atoms with E-state index in [2.05, 4.69) is 67.3 Å². The van der Waals surface area contributed by atoms with Crippen molar-refractivity contribution in [2.75, 3.05) is 12.0 Å². The number of hydrogen-bond donors (Lipinski definition) is 0. The third-order valence-electron chi connectivity index (χ3n) is 4.19. The molecule has 1 aromatic carbocycles. The van der Waals surface area contributed by atoms with Crippen LogP contribution in [-0.4, -0.2) is 18.2 Å². The first-order valence-corrected chi connectivity index (χ1v) is 8.00. The Morgan fingerprint density at radius 1 is 1.11 bits per heavy atom. The number of methoxy groups -OCH3 is 1. The zero-order chi connectivity index (χ0) is 14.3. The summed E-state index contributed by atoms with van der Waals surface area (Å²) < 4.78 is 6.69. The van der Waals surface area contributed by atoms with Crippen LogP contribution < -0.4 is 9.64 Å². The first-order chi connectivity index (χ1) is 8.79. The molecule has 1 saturated heterocycles. The first kappa shape index (κ1) is 14.9. The van der Waals surface area contributed by atoms with Crippen LogP contribution in [0.4, 0.5) is 5.69 Å². The van der Waals surface area contributed by atoms with Crippen LogP contribution in [-0.2, 0) is 0 Å². The molecule has 1 aliphatic rings. The lowest BCUT2D eigenvalue weighted by atomic mass is 9.79. The second kappa shape index (κ2) is 5.15. The summed E-state index contributed by atoms with van der Waals surface area (Å²) in [5.74, 6) is 0.968. The van der Waals surface area contributed by atoms with E-state index in [9.17, 15) is 0 Å². The Bertz CT molecular complexity index is 452. The molecule has 19 heavy (non-hydrogen) atoms. The number of rotatable bonds is 2. The molecule has 0 N–H and O–H groups in total. The van der Waals surface area contributed by atoms with Crippen molar-refractivity contribution in [1.82, 2.24) is 0 Å². The van der Waals surface area contributed by atoms with Gasteiger partial charge in [0.05, 0.1) is 16.4 Å². The van der Waals surface area contributed by atoms with Crippen LogP contribution in [0.1, 0.15) is 47.0 Å². The van der Waals surface area contributed by atoms with E-state index in [1.54, 1.807) is 7.11 Å². The fourth-order valence-corrected chi connectivity index (χ4v) is 4.30. The molecular weight excluding hydrogens is 349 g/mol. The molecule has 2 nitrogen and oxygen atoms in total. The van der Waals surface area contributed by atoms with Gasteiger partial charge in [0.2, 0.25) is 0 Å². The Morgan fingerprint density at radius 2 is 1.68 bits per heavy atom. The summed E-state index contributed by atoms with van der Waals surface area (Å²) in [5.41, 5.74) is 1.68. The molecule has 3 heteroatoms. The van der Waals surface area contributed by atoms with E-state index in [0.29, 0.717) is 0 Å². The molecule has 106 valence electrons. The lowest BCUT2D eigenvalue weighted by Crippen LogP contribution is -2.59. The van der Waals surface area contributed by atoms with Gasteiger partial charge in [-0.2, -0.15) is 0 Å². The van der Waals surface area contributed by atoms with E-state index >= 15 is 0 Å². The van der Waals surface area contributed by atoms with E-state index in [1.807, 2.05) is 6.07 Å². The Labute approximate surface area is 130 Å². The third kappa shape index (κ3) is 2.71. The largest absolute Gasteiger partial charge is 0.496 e. The number of hydrogen-bond acceptors (Lipinski definition) is 2. The Morgan fingerprint density at radius 3 is 2.21 bits per heavy atom. The lowest BCUT2D eigenvalue weighted by molar-refractivity contribution is 0.243. The number of piperidine rings is 1. The highest BCUT2D eigenvalue weighted by Gasteiger charge is 2.42. The maximum Gasteiger partial charge on any atom is 0.134 e. The summed E-state index contributed by atoms with van der Waals surface area (Å²) >= 11 is 2.41. The van der Waals surface area contributed by atoms with Gasteiger partial charge in [0.1, 0.15) is 5.75 Å². The zero-order valence-corrected chi connectivity index (χ0v) is 14.7. The van der Waals surface area contributed by atoms with E-state index < -0.39 is 0 Å². The Kier molecular flexibility index (Phi) is 4.05. The molecule has 1 aliphatic heterocycles. The predicted molar refractivity (Wildman–Crippen MR) is 90.2 cm³/mol. The summed E-state index contributed by atoms with van der Waals surface area (Å²) in [5, 5.41) is 0. The highest BCUT2D eigenvalue weighted by atomic mass is 127. The Balaban J connectivity index is 2.54. The normalized spacial score (nSPS) is 21.3. The lowest BCUT2D eigenvalue weighted by Gasteiger charge is -2.54. The van der Waals surface area contributed by atoms with E-state index in [1.165, 1.54) is 28.5 Å². The number of ether oxygens (including phenoxy) is 1. The highest BCUT2D eigenvalue weighted by Crippen LogP contribution is 2.44. The van der Waals surface area contributed by atoms with Gasteiger partial charge in [-0.15, -0.1) is 0 Å². The maximum atomic E-state index is 5.48. The number of nitrogens with zero attached hydrogens (tertiary/aromatic N) is 1. The summed E-state index contributed by atoms with van der Waals surface area (Å²) in [4.78, 5) is 2.59. The molecule has 0 bridgehead atoms. The summed E-state index contributed by atoms with van der Waals surface area (Å²) in [6.45, 7) is 9.40. The molecule has 0 aromatic heterocycles. The summed E-state index contributed by atoms with van der Waals surface area (Å²) in [6.07, 6.45) is 3.78. The van der Waals surface area contributed by atoms with E-state index in [-0.39, 0.29) is 11.1 Å². The van der Waals surface area contributed by atoms with Gasteiger partial charge in [-0.25, -0.2) is 0 Å². The molecule has 0 amide bonds. The number of anilines is 1. The highest BCUT2D eigenvalue weighted by molar-refractivity contribution is 14.1. The smallest absolute Gasteiger partial charge is 0.134 e. The van der Waals surface area contributed by atoms with Crippen molar-refractivity contribution >= 4 is 28.3 Å². The quantitative estimate of drug-likeness (QED) is 0.688. The first-order valence-electron chi connectivity index (χ1n) is 6.92. The van der Waals surface area contributed by atoms with Crippen LogP contribution in [0.3, 0.4) is 0 Å². The molecule has 0 spiro atoms. The van der Waals surface area contributed by atoms with Crippen LogP contribution in [0.15, 0.2) is 18.2 Å². The second-order valence-corrected chi connectivity index (χ2v) is 7.69. The average Bonchev–Trinajstić information content (AvgIpc) is 2.29. The van der Waals surface area contributed by atoms with Crippen molar-refractivity contribution in [2.45, 2.75) is 58.0 Å². The van der Waals surface area contributed by atoms with Crippen LogP contribution in [0.5, 0.6) is 5.75 Å². The van der Waals surface area contributed by atoms with Gasteiger partial charge in [-0.3, -0.25) is 0 Å². The van der Waals surface area contributed by atoms with Crippen LogP contribution in [0.2, 0.25) is 0 Å². The maximum absolute atomic E-state index is 5.48. The molecule has 0 unspecified atom stereocenters. The van der Waals surface area contributed by atoms with Crippen LogP contribution in [0, 0.1) is 3.57 Å². The van der Waals surface area contributed by atoms with Gasteiger partial charge >= 0.3 is 0 Å². The van der Waals surface area contributed by atoms with Crippen molar-refractivity contribution in [3.63, 3.8) is 0 Å². The minimum absolute atomic E-state index is 0.189. The van der Waals surface area contributed by atoms with E-state index in [0.717, 1.165) is 5.75 Å². The average molecular weight is 373 g/mol. The Hall–Kier alpha value is -0.450. The number of benzene rings is 1. The van der Waals surface area contributed by atoms with Gasteiger partial charge in [0, 0.05) is 11.1 Å². The molecular formula is C16H24INO. The molecule has 0 aliphatic carbocycles. The minimum atomic E-state index is 0.189. The van der Waals surface area contributed by atoms with Crippen molar-refractivity contribution in [1.29, 1.82) is 0 Å². The fraction of sp³-hybridized carbons (Fsp3) is 0.625. The topological polar surface area (TPSA) is 12.5 Å². The summed E-state index contributed by atoms with van der Waals surface area (Å²) in [6, 6.07) is 6.35. The molecule has 1 fully saturated rings.